The van der Waals surface area contributed by atoms with Crippen LogP contribution in [-0.4, -0.2) is 51.9 Å². The molecule has 0 atom stereocenters. The largest absolute Gasteiger partial charge is 0.353 e. The zero-order valence-corrected chi connectivity index (χ0v) is 15.3. The fraction of sp³-hybridized carbons (Fsp3) is 0.182. The highest BCUT2D eigenvalue weighted by Crippen LogP contribution is 2.19. The molecule has 0 aliphatic carbocycles. The maximum atomic E-state index is 13.0. The van der Waals surface area contributed by atoms with Gasteiger partial charge in [-0.2, -0.15) is 0 Å². The highest BCUT2D eigenvalue weighted by molar-refractivity contribution is 5.98. The van der Waals surface area contributed by atoms with E-state index in [1.54, 1.807) is 6.20 Å². The summed E-state index contributed by atoms with van der Waals surface area (Å²) >= 11 is 0. The van der Waals surface area contributed by atoms with Gasteiger partial charge in [-0.25, -0.2) is 15.0 Å². The Balaban J connectivity index is 1.36. The van der Waals surface area contributed by atoms with Crippen LogP contribution in [-0.2, 0) is 0 Å². The van der Waals surface area contributed by atoms with Crippen molar-refractivity contribution in [3.63, 3.8) is 0 Å². The number of para-hydroxylation sites is 2. The van der Waals surface area contributed by atoms with Crippen LogP contribution < -0.4 is 4.90 Å². The third kappa shape index (κ3) is 3.03. The van der Waals surface area contributed by atoms with Crippen molar-refractivity contribution >= 4 is 33.8 Å². The summed E-state index contributed by atoms with van der Waals surface area (Å²) in [5.41, 5.74) is 3.90. The van der Waals surface area contributed by atoms with Crippen molar-refractivity contribution in [3.05, 3.63) is 72.4 Å². The molecule has 1 aliphatic rings. The van der Waals surface area contributed by atoms with Crippen LogP contribution in [0.15, 0.2) is 66.9 Å². The molecule has 0 spiro atoms. The average Bonchev–Trinajstić information content (AvgIpc) is 2.77. The summed E-state index contributed by atoms with van der Waals surface area (Å²) in [7, 11) is 0. The molecule has 4 aromatic rings. The summed E-state index contributed by atoms with van der Waals surface area (Å²) in [4.78, 5) is 30.8. The summed E-state index contributed by atoms with van der Waals surface area (Å²) in [6.07, 6.45) is 1.80. The van der Waals surface area contributed by atoms with E-state index >= 15 is 0 Å². The van der Waals surface area contributed by atoms with Crippen molar-refractivity contribution in [2.24, 2.45) is 0 Å². The minimum absolute atomic E-state index is 0.0394. The first-order valence-electron chi connectivity index (χ1n) is 9.40. The molecule has 0 bridgehead atoms. The standard InChI is InChI=1S/C22H19N5O/c28-22(27-13-11-26(12-14-27)21-7-3-4-10-23-21)16-8-9-19-20(15-16)25-18-6-2-1-5-17(18)24-19/h1-10,15H,11-14H2. The van der Waals surface area contributed by atoms with Gasteiger partial charge >= 0.3 is 0 Å². The molecule has 1 aliphatic heterocycles. The lowest BCUT2D eigenvalue weighted by atomic mass is 10.1. The van der Waals surface area contributed by atoms with E-state index in [-0.39, 0.29) is 5.91 Å². The first-order chi connectivity index (χ1) is 13.8. The number of amides is 1. The second-order valence-corrected chi connectivity index (χ2v) is 6.88. The molecule has 0 N–H and O–H groups in total. The Morgan fingerprint density at radius 1 is 0.750 bits per heavy atom. The van der Waals surface area contributed by atoms with Crippen molar-refractivity contribution in [2.75, 3.05) is 31.1 Å². The highest BCUT2D eigenvalue weighted by atomic mass is 16.2. The highest BCUT2D eigenvalue weighted by Gasteiger charge is 2.23. The quantitative estimate of drug-likeness (QED) is 0.508. The molecule has 6 heteroatoms. The SMILES string of the molecule is O=C(c1ccc2nc3ccccc3nc2c1)N1CCN(c2ccccn2)CC1. The van der Waals surface area contributed by atoms with Crippen LogP contribution in [0.2, 0.25) is 0 Å². The molecule has 28 heavy (non-hydrogen) atoms. The van der Waals surface area contributed by atoms with E-state index in [1.807, 2.05) is 65.6 Å². The van der Waals surface area contributed by atoms with Gasteiger partial charge in [0.2, 0.25) is 0 Å². The molecule has 0 radical (unpaired) electrons. The Kier molecular flexibility index (Phi) is 4.09. The van der Waals surface area contributed by atoms with Crippen molar-refractivity contribution in [3.8, 4) is 0 Å². The topological polar surface area (TPSA) is 62.2 Å². The lowest BCUT2D eigenvalue weighted by Crippen LogP contribution is -2.49. The predicted octanol–water partition coefficient (Wildman–Crippen LogP) is 3.14. The van der Waals surface area contributed by atoms with Crippen LogP contribution >= 0.6 is 0 Å². The number of hydrogen-bond donors (Lipinski definition) is 0. The Morgan fingerprint density at radius 2 is 1.43 bits per heavy atom. The van der Waals surface area contributed by atoms with Gasteiger partial charge in [0.15, 0.2) is 0 Å². The molecule has 2 aromatic heterocycles. The molecule has 1 fully saturated rings. The Morgan fingerprint density at radius 3 is 2.14 bits per heavy atom. The average molecular weight is 369 g/mol. The number of carbonyl (C=O) groups excluding carboxylic acids is 1. The first kappa shape index (κ1) is 16.6. The predicted molar refractivity (Wildman–Crippen MR) is 109 cm³/mol. The second kappa shape index (κ2) is 6.88. The van der Waals surface area contributed by atoms with Gasteiger partial charge in [0.05, 0.1) is 22.1 Å². The van der Waals surface area contributed by atoms with Gasteiger partial charge in [0.25, 0.3) is 5.91 Å². The molecular weight excluding hydrogens is 350 g/mol. The van der Waals surface area contributed by atoms with Gasteiger partial charge in [-0.3, -0.25) is 4.79 Å². The van der Waals surface area contributed by atoms with Crippen LogP contribution in [0.5, 0.6) is 0 Å². The number of piperazine rings is 1. The summed E-state index contributed by atoms with van der Waals surface area (Å²) in [6, 6.07) is 19.3. The zero-order chi connectivity index (χ0) is 18.9. The van der Waals surface area contributed by atoms with E-state index in [4.69, 9.17) is 0 Å². The summed E-state index contributed by atoms with van der Waals surface area (Å²) in [6.45, 7) is 2.91. The van der Waals surface area contributed by atoms with Gasteiger partial charge in [-0.05, 0) is 42.5 Å². The van der Waals surface area contributed by atoms with Gasteiger partial charge in [-0.1, -0.05) is 18.2 Å². The molecule has 3 heterocycles. The van der Waals surface area contributed by atoms with Crippen LogP contribution in [0, 0.1) is 0 Å². The molecule has 2 aromatic carbocycles. The molecular formula is C22H19N5O. The number of rotatable bonds is 2. The summed E-state index contributed by atoms with van der Waals surface area (Å²) in [5, 5.41) is 0. The van der Waals surface area contributed by atoms with Gasteiger partial charge in [-0.15, -0.1) is 0 Å². The lowest BCUT2D eigenvalue weighted by Gasteiger charge is -2.35. The number of benzene rings is 2. The third-order valence-corrected chi connectivity index (χ3v) is 5.13. The number of hydrogen-bond acceptors (Lipinski definition) is 5. The Labute approximate surface area is 162 Å². The van der Waals surface area contributed by atoms with Crippen LogP contribution in [0.25, 0.3) is 22.1 Å². The number of anilines is 1. The van der Waals surface area contributed by atoms with Gasteiger partial charge < -0.3 is 9.80 Å². The third-order valence-electron chi connectivity index (χ3n) is 5.13. The van der Waals surface area contributed by atoms with E-state index in [1.165, 1.54) is 0 Å². The molecule has 5 rings (SSSR count). The Bertz CT molecular complexity index is 1150. The first-order valence-corrected chi connectivity index (χ1v) is 9.40. The minimum atomic E-state index is 0.0394. The maximum absolute atomic E-state index is 13.0. The molecule has 1 saturated heterocycles. The van der Waals surface area contributed by atoms with Gasteiger partial charge in [0, 0.05) is 37.9 Å². The molecule has 0 unspecified atom stereocenters. The van der Waals surface area contributed by atoms with Crippen LogP contribution in [0.1, 0.15) is 10.4 Å². The van der Waals surface area contributed by atoms with E-state index < -0.39 is 0 Å². The van der Waals surface area contributed by atoms with Crippen molar-refractivity contribution in [1.29, 1.82) is 0 Å². The smallest absolute Gasteiger partial charge is 0.254 e. The number of fused-ring (bicyclic) bond motifs is 2. The van der Waals surface area contributed by atoms with E-state index in [2.05, 4.69) is 19.9 Å². The fourth-order valence-electron chi connectivity index (χ4n) is 3.62. The lowest BCUT2D eigenvalue weighted by molar-refractivity contribution is 0.0746. The molecule has 0 saturated carbocycles. The van der Waals surface area contributed by atoms with E-state index in [0.29, 0.717) is 18.7 Å². The van der Waals surface area contributed by atoms with Crippen molar-refractivity contribution in [2.45, 2.75) is 0 Å². The fourth-order valence-corrected chi connectivity index (χ4v) is 3.62. The molecule has 6 nitrogen and oxygen atoms in total. The number of carbonyl (C=O) groups is 1. The van der Waals surface area contributed by atoms with Crippen molar-refractivity contribution < 1.29 is 4.79 Å². The normalized spacial score (nSPS) is 14.6. The number of aromatic nitrogens is 3. The minimum Gasteiger partial charge on any atom is -0.353 e. The number of pyridine rings is 1. The van der Waals surface area contributed by atoms with Crippen molar-refractivity contribution in [1.82, 2.24) is 19.9 Å². The van der Waals surface area contributed by atoms with E-state index in [9.17, 15) is 4.79 Å². The van der Waals surface area contributed by atoms with Gasteiger partial charge in [0.1, 0.15) is 5.82 Å². The number of nitrogens with zero attached hydrogens (tertiary/aromatic N) is 5. The molecule has 138 valence electrons. The molecule has 1 amide bonds. The monoisotopic (exact) mass is 369 g/mol. The van der Waals surface area contributed by atoms with Crippen LogP contribution in [0.3, 0.4) is 0 Å². The summed E-state index contributed by atoms with van der Waals surface area (Å²) < 4.78 is 0. The van der Waals surface area contributed by atoms with Crippen LogP contribution in [0.4, 0.5) is 5.82 Å². The maximum Gasteiger partial charge on any atom is 0.254 e. The zero-order valence-electron chi connectivity index (χ0n) is 15.3. The summed E-state index contributed by atoms with van der Waals surface area (Å²) in [5.74, 6) is 1.000. The van der Waals surface area contributed by atoms with E-state index in [0.717, 1.165) is 41.0 Å². The second-order valence-electron chi connectivity index (χ2n) is 6.88. The Hall–Kier alpha value is -3.54.